The number of hydrogen-bond acceptors (Lipinski definition) is 2. The molecule has 1 aromatic heterocycles. The van der Waals surface area contributed by atoms with Crippen LogP contribution in [0.2, 0.25) is 0 Å². The average molecular weight is 255 g/mol. The minimum Gasteiger partial charge on any atom is -0.441 e. The zero-order chi connectivity index (χ0) is 12.6. The first-order valence-electron chi connectivity index (χ1n) is 5.09. The lowest BCUT2D eigenvalue weighted by molar-refractivity contribution is 0.104. The number of rotatable bonds is 2. The second-order valence-corrected chi connectivity index (χ2v) is 4.59. The molecule has 0 saturated carbocycles. The van der Waals surface area contributed by atoms with Crippen LogP contribution in [-0.4, -0.2) is 4.98 Å². The van der Waals surface area contributed by atoms with Gasteiger partial charge in [-0.15, -0.1) is 0 Å². The van der Waals surface area contributed by atoms with E-state index in [4.69, 9.17) is 4.42 Å². The Bertz CT molecular complexity index is 509. The van der Waals surface area contributed by atoms with Crippen LogP contribution >= 0.6 is 9.24 Å². The van der Waals surface area contributed by atoms with Crippen molar-refractivity contribution in [1.29, 1.82) is 0 Å². The molecule has 1 heterocycles. The van der Waals surface area contributed by atoms with Crippen molar-refractivity contribution in [3.8, 4) is 11.5 Å². The molecule has 5 heteroatoms. The maximum absolute atomic E-state index is 13.0. The summed E-state index contributed by atoms with van der Waals surface area (Å²) in [6, 6.07) is 5.91. The fourth-order valence-electron chi connectivity index (χ4n) is 1.43. The Balaban J connectivity index is 2.36. The molecule has 1 atom stereocenters. The van der Waals surface area contributed by atoms with E-state index in [9.17, 15) is 8.78 Å². The SMILES string of the molecule is Cc1nc(-c2ccc(C(F)(F)P)cc2)oc1C. The molecule has 0 aliphatic heterocycles. The minimum atomic E-state index is -2.90. The first-order chi connectivity index (χ1) is 7.88. The summed E-state index contributed by atoms with van der Waals surface area (Å²) in [7, 11) is 1.51. The molecule has 2 rings (SSSR count). The molecule has 0 amide bonds. The van der Waals surface area contributed by atoms with E-state index in [1.54, 1.807) is 12.1 Å². The van der Waals surface area contributed by atoms with E-state index in [1.807, 2.05) is 13.8 Å². The summed E-state index contributed by atoms with van der Waals surface area (Å²) in [6.07, 6.45) is 0. The Morgan fingerprint density at radius 3 is 2.18 bits per heavy atom. The largest absolute Gasteiger partial charge is 0.441 e. The van der Waals surface area contributed by atoms with Gasteiger partial charge in [-0.1, -0.05) is 21.4 Å². The first-order valence-corrected chi connectivity index (χ1v) is 5.67. The monoisotopic (exact) mass is 255 g/mol. The van der Waals surface area contributed by atoms with Gasteiger partial charge in [0, 0.05) is 11.1 Å². The number of oxazole rings is 1. The third-order valence-electron chi connectivity index (χ3n) is 2.55. The number of aryl methyl sites for hydroxylation is 2. The molecule has 2 nitrogen and oxygen atoms in total. The van der Waals surface area contributed by atoms with Gasteiger partial charge in [0.1, 0.15) is 5.76 Å². The van der Waals surface area contributed by atoms with Gasteiger partial charge in [0.15, 0.2) is 0 Å². The number of hydrogen-bond donors (Lipinski definition) is 0. The number of aromatic nitrogens is 1. The molecule has 0 spiro atoms. The Kier molecular flexibility index (Phi) is 3.00. The molecule has 1 aromatic carbocycles. The third kappa shape index (κ3) is 2.52. The van der Waals surface area contributed by atoms with E-state index < -0.39 is 5.66 Å². The number of nitrogens with zero attached hydrogens (tertiary/aromatic N) is 1. The van der Waals surface area contributed by atoms with Gasteiger partial charge in [-0.3, -0.25) is 0 Å². The van der Waals surface area contributed by atoms with Gasteiger partial charge in [-0.2, -0.15) is 8.78 Å². The van der Waals surface area contributed by atoms with Crippen LogP contribution in [0.15, 0.2) is 28.7 Å². The van der Waals surface area contributed by atoms with Crippen molar-refractivity contribution in [3.63, 3.8) is 0 Å². The highest BCUT2D eigenvalue weighted by Crippen LogP contribution is 2.35. The van der Waals surface area contributed by atoms with Crippen molar-refractivity contribution in [3.05, 3.63) is 41.3 Å². The van der Waals surface area contributed by atoms with Crippen LogP contribution < -0.4 is 0 Å². The van der Waals surface area contributed by atoms with Gasteiger partial charge in [0.2, 0.25) is 5.89 Å². The number of alkyl halides is 2. The zero-order valence-corrected chi connectivity index (χ0v) is 10.7. The summed E-state index contributed by atoms with van der Waals surface area (Å²) in [6.45, 7) is 3.66. The van der Waals surface area contributed by atoms with Gasteiger partial charge < -0.3 is 4.42 Å². The molecule has 0 fully saturated rings. The van der Waals surface area contributed by atoms with E-state index in [0.29, 0.717) is 11.5 Å². The fraction of sp³-hybridized carbons (Fsp3) is 0.250. The van der Waals surface area contributed by atoms with Crippen molar-refractivity contribution in [1.82, 2.24) is 4.98 Å². The van der Waals surface area contributed by atoms with E-state index in [0.717, 1.165) is 11.5 Å². The van der Waals surface area contributed by atoms with Crippen molar-refractivity contribution < 1.29 is 13.2 Å². The first kappa shape index (κ1) is 12.2. The highest BCUT2D eigenvalue weighted by atomic mass is 31.0. The number of benzene rings is 1. The lowest BCUT2D eigenvalue weighted by atomic mass is 10.1. The lowest BCUT2D eigenvalue weighted by Gasteiger charge is -2.09. The highest BCUT2D eigenvalue weighted by molar-refractivity contribution is 7.17. The van der Waals surface area contributed by atoms with Crippen LogP contribution in [0.5, 0.6) is 0 Å². The summed E-state index contributed by atoms with van der Waals surface area (Å²) >= 11 is 0. The molecular formula is C12H12F2NOP. The van der Waals surface area contributed by atoms with Crippen molar-refractivity contribution in [2.45, 2.75) is 19.5 Å². The van der Waals surface area contributed by atoms with E-state index in [2.05, 4.69) is 4.98 Å². The second kappa shape index (κ2) is 4.19. The van der Waals surface area contributed by atoms with Crippen LogP contribution in [0.4, 0.5) is 8.78 Å². The van der Waals surface area contributed by atoms with E-state index in [-0.39, 0.29) is 5.56 Å². The average Bonchev–Trinajstić information content (AvgIpc) is 2.58. The molecule has 1 unspecified atom stereocenters. The fourth-order valence-corrected chi connectivity index (χ4v) is 1.62. The standard InChI is InChI=1S/C12H12F2NOP/c1-7-8(2)16-11(15-7)9-3-5-10(6-4-9)12(13,14)17/h3-6H,17H2,1-2H3. The van der Waals surface area contributed by atoms with Crippen molar-refractivity contribution >= 4 is 9.24 Å². The Morgan fingerprint density at radius 2 is 1.76 bits per heavy atom. The van der Waals surface area contributed by atoms with E-state index >= 15 is 0 Å². The van der Waals surface area contributed by atoms with E-state index in [1.165, 1.54) is 21.4 Å². The molecule has 90 valence electrons. The zero-order valence-electron chi connectivity index (χ0n) is 9.50. The van der Waals surface area contributed by atoms with Crippen LogP contribution in [0.3, 0.4) is 0 Å². The van der Waals surface area contributed by atoms with Crippen LogP contribution in [-0.2, 0) is 5.66 Å². The molecule has 2 aromatic rings. The highest BCUT2D eigenvalue weighted by Gasteiger charge is 2.24. The van der Waals surface area contributed by atoms with Crippen LogP contribution in [0.1, 0.15) is 17.0 Å². The Hall–Kier alpha value is -1.28. The summed E-state index contributed by atoms with van der Waals surface area (Å²) in [5.74, 6) is 1.19. The molecule has 0 aliphatic carbocycles. The molecule has 17 heavy (non-hydrogen) atoms. The lowest BCUT2D eigenvalue weighted by Crippen LogP contribution is -2.01. The predicted octanol–water partition coefficient (Wildman–Crippen LogP) is 3.88. The summed E-state index contributed by atoms with van der Waals surface area (Å²) in [5, 5.41) is 0. The summed E-state index contributed by atoms with van der Waals surface area (Å²) in [5.41, 5.74) is -1.45. The van der Waals surface area contributed by atoms with Gasteiger partial charge >= 0.3 is 0 Å². The van der Waals surface area contributed by atoms with Gasteiger partial charge in [-0.05, 0) is 26.0 Å². The van der Waals surface area contributed by atoms with Crippen molar-refractivity contribution in [2.24, 2.45) is 0 Å². The van der Waals surface area contributed by atoms with Gasteiger partial charge in [0.05, 0.1) is 5.69 Å². The topological polar surface area (TPSA) is 26.0 Å². The predicted molar refractivity (Wildman–Crippen MR) is 65.0 cm³/mol. The van der Waals surface area contributed by atoms with Gasteiger partial charge in [-0.25, -0.2) is 4.98 Å². The van der Waals surface area contributed by atoms with Crippen molar-refractivity contribution in [2.75, 3.05) is 0 Å². The third-order valence-corrected chi connectivity index (χ3v) is 2.88. The van der Waals surface area contributed by atoms with Crippen LogP contribution in [0, 0.1) is 13.8 Å². The van der Waals surface area contributed by atoms with Gasteiger partial charge in [0.25, 0.3) is 5.66 Å². The molecule has 0 radical (unpaired) electrons. The summed E-state index contributed by atoms with van der Waals surface area (Å²) in [4.78, 5) is 4.21. The Morgan fingerprint density at radius 1 is 1.18 bits per heavy atom. The second-order valence-electron chi connectivity index (χ2n) is 3.86. The normalized spacial score (nSPS) is 11.8. The van der Waals surface area contributed by atoms with Crippen LogP contribution in [0.25, 0.3) is 11.5 Å². The molecule has 0 bridgehead atoms. The smallest absolute Gasteiger partial charge is 0.283 e. The quantitative estimate of drug-likeness (QED) is 0.761. The molecule has 0 N–H and O–H groups in total. The Labute approximate surface area is 100 Å². The summed E-state index contributed by atoms with van der Waals surface area (Å²) < 4.78 is 31.4. The number of halogens is 2. The molecular weight excluding hydrogens is 243 g/mol. The minimum absolute atomic E-state index is 0.0498. The maximum Gasteiger partial charge on any atom is 0.283 e. The maximum atomic E-state index is 13.0. The molecule has 0 aliphatic rings. The molecule has 0 saturated heterocycles.